The van der Waals surface area contributed by atoms with E-state index in [1.165, 1.54) is 46.6 Å². The highest BCUT2D eigenvalue weighted by Crippen LogP contribution is 2.47. The van der Waals surface area contributed by atoms with Gasteiger partial charge in [-0.3, -0.25) is 18.7 Å². The first-order valence-corrected chi connectivity index (χ1v) is 31.0. The van der Waals surface area contributed by atoms with Crippen molar-refractivity contribution >= 4 is 124 Å². The molecular weight excluding hydrogens is 1240 g/mol. The number of piperazine rings is 2. The summed E-state index contributed by atoms with van der Waals surface area (Å²) in [6.07, 6.45) is 7.45. The van der Waals surface area contributed by atoms with Crippen LogP contribution in [0.3, 0.4) is 0 Å². The van der Waals surface area contributed by atoms with Gasteiger partial charge in [-0.1, -0.05) is 98.7 Å². The van der Waals surface area contributed by atoms with Crippen LogP contribution in [0.5, 0.6) is 0 Å². The summed E-state index contributed by atoms with van der Waals surface area (Å²) in [5.74, 6) is -0.384. The monoisotopic (exact) mass is 1290 g/mol. The van der Waals surface area contributed by atoms with Crippen LogP contribution in [-0.2, 0) is 58.3 Å². The number of imidazole rings is 2. The lowest BCUT2D eigenvalue weighted by atomic mass is 9.91. The molecule has 4 aliphatic rings. The Labute approximate surface area is 503 Å². The minimum Gasteiger partial charge on any atom is -0.444 e. The third kappa shape index (κ3) is 11.5. The summed E-state index contributed by atoms with van der Waals surface area (Å²) in [6.45, 7) is 11.0. The number of amides is 3. The lowest BCUT2D eigenvalue weighted by Crippen LogP contribution is -2.52. The van der Waals surface area contributed by atoms with Crippen molar-refractivity contribution < 1.29 is 36.0 Å². The fraction of sp³-hybridized carbons (Fsp3) is 0.327. The third-order valence-corrected chi connectivity index (χ3v) is 19.5. The number of fused-ring (bicyclic) bond motifs is 2. The molecule has 2 saturated heterocycles. The second-order valence-corrected chi connectivity index (χ2v) is 27.8. The van der Waals surface area contributed by atoms with Crippen LogP contribution in [0, 0.1) is 0 Å². The Balaban J connectivity index is 0.000000184. The average Bonchev–Trinajstić information content (AvgIpc) is 1.83. The number of sulfonamides is 2. The van der Waals surface area contributed by atoms with Gasteiger partial charge in [-0.25, -0.2) is 51.4 Å². The van der Waals surface area contributed by atoms with Crippen molar-refractivity contribution in [3.63, 3.8) is 0 Å². The molecule has 0 spiro atoms. The number of rotatable bonds is 11. The molecule has 0 aliphatic carbocycles. The number of nitrogens with one attached hydrogen (secondary N) is 1. The van der Waals surface area contributed by atoms with E-state index in [9.17, 15) is 31.2 Å². The van der Waals surface area contributed by atoms with Gasteiger partial charge in [-0.2, -0.15) is 8.61 Å². The van der Waals surface area contributed by atoms with E-state index in [-0.39, 0.29) is 72.8 Å². The first-order valence-electron chi connectivity index (χ1n) is 25.8. The van der Waals surface area contributed by atoms with Crippen LogP contribution < -0.4 is 15.1 Å². The predicted octanol–water partition coefficient (Wildman–Crippen LogP) is 9.71. The number of carbonyl (C=O) groups excluding carboxylic acids is 3. The number of ether oxygens (including phenoxy) is 1. The van der Waals surface area contributed by atoms with E-state index in [0.717, 1.165) is 26.7 Å². The lowest BCUT2D eigenvalue weighted by molar-refractivity contribution is -0.124. The molecule has 7 heterocycles. The number of carbonyl (C=O) groups is 3. The van der Waals surface area contributed by atoms with Crippen LogP contribution in [0.4, 0.5) is 28.1 Å². The van der Waals surface area contributed by atoms with E-state index in [1.54, 1.807) is 88.0 Å². The fourth-order valence-electron chi connectivity index (χ4n) is 10.5. The zero-order chi connectivity index (χ0) is 58.7. The molecule has 0 radical (unpaired) electrons. The minimum absolute atomic E-state index is 0.0334. The van der Waals surface area contributed by atoms with E-state index < -0.39 is 42.8 Å². The maximum atomic E-state index is 14.3. The second kappa shape index (κ2) is 22.9. The average molecular weight is 1300 g/mol. The number of aromatic nitrogens is 6. The summed E-state index contributed by atoms with van der Waals surface area (Å²) in [5.41, 5.74) is 0.909. The second-order valence-electron chi connectivity index (χ2n) is 21.4. The van der Waals surface area contributed by atoms with Crippen LogP contribution in [-0.4, -0.2) is 135 Å². The van der Waals surface area contributed by atoms with Gasteiger partial charge in [-0.05, 0) is 99.8 Å². The highest BCUT2D eigenvalue weighted by molar-refractivity contribution is 9.10. The molecular formula is C55H55BrCl4N12O8S2. The number of benzene rings is 4. The number of anilines is 4. The van der Waals surface area contributed by atoms with Gasteiger partial charge in [0.2, 0.25) is 11.9 Å². The molecule has 0 saturated carbocycles. The molecule has 2 fully saturated rings. The van der Waals surface area contributed by atoms with Gasteiger partial charge in [0.25, 0.3) is 31.9 Å². The van der Waals surface area contributed by atoms with Gasteiger partial charge < -0.3 is 15.0 Å². The highest BCUT2D eigenvalue weighted by Gasteiger charge is 2.54. The number of nitrogens with zero attached hydrogens (tertiary/aromatic N) is 11. The molecule has 0 unspecified atom stereocenters. The van der Waals surface area contributed by atoms with Crippen molar-refractivity contribution in [2.45, 2.75) is 74.2 Å². The molecule has 430 valence electrons. The van der Waals surface area contributed by atoms with E-state index in [0.29, 0.717) is 57.6 Å². The Bertz CT molecular complexity index is 3800. The Morgan fingerprint density at radius 1 is 0.610 bits per heavy atom. The van der Waals surface area contributed by atoms with Crippen LogP contribution in [0.15, 0.2) is 131 Å². The SMILES string of the molecule is CC(C)(C)OC(=O)N1CCN(S(=O)(=O)c2cnc3n2[C@](C)(Cc2ccc(Br)cc2)C(=O)N3c2cc(Cl)cc(Cl)c2)CC1.C[C@@]1(Cc2ccc(-c3cncnc3)cc2)C(=O)N(c2cc(Cl)cc(Cl)c2)c2ncc(S(=O)(=O)N3CCNCC3)n21. The topological polar surface area (TPSA) is 218 Å². The van der Waals surface area contributed by atoms with E-state index >= 15 is 0 Å². The van der Waals surface area contributed by atoms with Crippen LogP contribution >= 0.6 is 62.3 Å². The highest BCUT2D eigenvalue weighted by atomic mass is 79.9. The zero-order valence-corrected chi connectivity index (χ0v) is 51.2. The predicted molar refractivity (Wildman–Crippen MR) is 316 cm³/mol. The van der Waals surface area contributed by atoms with Crippen molar-refractivity contribution in [1.82, 2.24) is 47.9 Å². The molecule has 2 atom stereocenters. The summed E-state index contributed by atoms with van der Waals surface area (Å²) in [7, 11) is -8.07. The maximum absolute atomic E-state index is 14.3. The molecule has 0 bridgehead atoms. The van der Waals surface area contributed by atoms with Gasteiger partial charge >= 0.3 is 6.09 Å². The fourth-order valence-corrected chi connectivity index (χ4v) is 15.0. The van der Waals surface area contributed by atoms with Crippen molar-refractivity contribution in [3.05, 3.63) is 152 Å². The first-order chi connectivity index (χ1) is 38.8. The Morgan fingerprint density at radius 2 is 1.02 bits per heavy atom. The van der Waals surface area contributed by atoms with Gasteiger partial charge in [0, 0.05) is 108 Å². The molecule has 3 aromatic heterocycles. The normalized spacial score (nSPS) is 19.7. The standard InChI is InChI=1S/C28H30BrCl2N5O5S.C27H25Cl2N7O3S/c1-27(2,3)41-26(38)33-9-11-34(12-10-33)42(39,40)23-17-32-25-35(22-14-20(30)13-21(31)15-22)24(37)28(4,36(23)25)16-18-5-7-19(29)8-6-18;1-27(13-18-2-4-19(5-3-18)20-14-31-17-32-15-20)25(37)35(23-11-21(28)10-22(29)12-23)26-33-16-24(36(26)27)40(38,39)34-8-6-30-7-9-34/h5-8,13-15,17H,9-12,16H2,1-4H3;2-5,10-12,14-17,30H,6-9,13H2,1H3/t28-;27-/m11/s1. The van der Waals surface area contributed by atoms with Crippen molar-refractivity contribution in [1.29, 1.82) is 0 Å². The summed E-state index contributed by atoms with van der Waals surface area (Å²) in [6, 6.07) is 24.7. The number of hydrogen-bond acceptors (Lipinski definition) is 13. The van der Waals surface area contributed by atoms with Crippen LogP contribution in [0.1, 0.15) is 45.7 Å². The Kier molecular flexibility index (Phi) is 16.5. The minimum atomic E-state index is -4.13. The maximum Gasteiger partial charge on any atom is 0.410 e. The molecule has 7 aromatic rings. The van der Waals surface area contributed by atoms with E-state index in [2.05, 4.69) is 41.2 Å². The van der Waals surface area contributed by atoms with Gasteiger partial charge in [-0.15, -0.1) is 0 Å². The lowest BCUT2D eigenvalue weighted by Gasteiger charge is -2.35. The molecule has 3 amide bonds. The summed E-state index contributed by atoms with van der Waals surface area (Å²) >= 11 is 28.5. The molecule has 20 nitrogen and oxygen atoms in total. The summed E-state index contributed by atoms with van der Waals surface area (Å²) in [4.78, 5) is 62.3. The van der Waals surface area contributed by atoms with Crippen molar-refractivity contribution in [2.75, 3.05) is 62.2 Å². The van der Waals surface area contributed by atoms with Gasteiger partial charge in [0.1, 0.15) is 23.0 Å². The zero-order valence-electron chi connectivity index (χ0n) is 44.9. The summed E-state index contributed by atoms with van der Waals surface area (Å²) in [5, 5.41) is 4.35. The molecule has 82 heavy (non-hydrogen) atoms. The number of hydrogen-bond donors (Lipinski definition) is 1. The Hall–Kier alpha value is -5.99. The largest absolute Gasteiger partial charge is 0.444 e. The van der Waals surface area contributed by atoms with Crippen LogP contribution in [0.25, 0.3) is 11.1 Å². The number of halogens is 5. The quantitative estimate of drug-likeness (QED) is 0.128. The molecule has 4 aromatic carbocycles. The third-order valence-electron chi connectivity index (χ3n) is 14.4. The first kappa shape index (κ1) is 59.2. The van der Waals surface area contributed by atoms with Crippen molar-refractivity contribution in [3.8, 4) is 11.1 Å². The van der Waals surface area contributed by atoms with Crippen molar-refractivity contribution in [2.24, 2.45) is 0 Å². The summed E-state index contributed by atoms with van der Waals surface area (Å²) < 4.78 is 68.0. The van der Waals surface area contributed by atoms with Gasteiger partial charge in [0.05, 0.1) is 23.8 Å². The smallest absolute Gasteiger partial charge is 0.410 e. The Morgan fingerprint density at radius 3 is 1.45 bits per heavy atom. The molecule has 1 N–H and O–H groups in total. The van der Waals surface area contributed by atoms with E-state index in [1.807, 2.05) is 48.5 Å². The van der Waals surface area contributed by atoms with E-state index in [4.69, 9.17) is 51.1 Å². The molecule has 27 heteroatoms. The van der Waals surface area contributed by atoms with Crippen LogP contribution in [0.2, 0.25) is 20.1 Å². The molecule has 4 aliphatic heterocycles. The molecule has 11 rings (SSSR count). The van der Waals surface area contributed by atoms with Gasteiger partial charge in [0.15, 0.2) is 10.1 Å².